The lowest BCUT2D eigenvalue weighted by molar-refractivity contribution is 0.351. The maximum absolute atomic E-state index is 13.3. The van der Waals surface area contributed by atoms with Gasteiger partial charge in [-0.15, -0.1) is 11.3 Å². The molecule has 4 heteroatoms. The molecular weight excluding hydrogens is 309 g/mol. The van der Waals surface area contributed by atoms with Crippen molar-refractivity contribution in [2.24, 2.45) is 0 Å². The minimum Gasteiger partial charge on any atom is -0.508 e. The molecule has 0 radical (unpaired) electrons. The molecule has 0 fully saturated rings. The van der Waals surface area contributed by atoms with Crippen molar-refractivity contribution in [1.82, 2.24) is 4.90 Å². The minimum atomic E-state index is -0.202. The predicted octanol–water partition coefficient (Wildman–Crippen LogP) is 5.15. The predicted molar refractivity (Wildman–Crippen MR) is 94.1 cm³/mol. The largest absolute Gasteiger partial charge is 0.508 e. The van der Waals surface area contributed by atoms with E-state index in [1.54, 1.807) is 23.5 Å². The first-order valence-electron chi connectivity index (χ1n) is 7.72. The van der Waals surface area contributed by atoms with E-state index in [0.29, 0.717) is 5.76 Å². The number of allylic oxidation sites excluding steroid dienone is 2. The van der Waals surface area contributed by atoms with Gasteiger partial charge in [-0.05, 0) is 61.9 Å². The van der Waals surface area contributed by atoms with Crippen LogP contribution in [0.3, 0.4) is 0 Å². The first-order chi connectivity index (χ1) is 11.1. The number of hydrogen-bond donors (Lipinski definition) is 1. The molecule has 1 aliphatic rings. The molecule has 1 heterocycles. The molecule has 1 aliphatic carbocycles. The molecule has 0 amide bonds. The zero-order valence-electron chi connectivity index (χ0n) is 13.1. The van der Waals surface area contributed by atoms with Gasteiger partial charge in [0.1, 0.15) is 11.6 Å². The van der Waals surface area contributed by atoms with Crippen molar-refractivity contribution >= 4 is 11.3 Å². The molecule has 0 atom stereocenters. The summed E-state index contributed by atoms with van der Waals surface area (Å²) >= 11 is 1.70. The van der Waals surface area contributed by atoms with Crippen LogP contribution in [0.1, 0.15) is 17.7 Å². The topological polar surface area (TPSA) is 23.5 Å². The van der Waals surface area contributed by atoms with Crippen LogP contribution in [0.4, 0.5) is 4.39 Å². The second-order valence-electron chi connectivity index (χ2n) is 5.92. The van der Waals surface area contributed by atoms with Gasteiger partial charge in [0.05, 0.1) is 0 Å². The van der Waals surface area contributed by atoms with Gasteiger partial charge in [0.15, 0.2) is 0 Å². The Kier molecular flexibility index (Phi) is 4.94. The molecule has 120 valence electrons. The van der Waals surface area contributed by atoms with Crippen LogP contribution in [0.25, 0.3) is 10.4 Å². The van der Waals surface area contributed by atoms with Crippen molar-refractivity contribution in [3.8, 4) is 10.4 Å². The summed E-state index contributed by atoms with van der Waals surface area (Å²) in [6.07, 6.45) is 5.64. The fraction of sp³-hybridized carbons (Fsp3) is 0.263. The number of benzene rings is 1. The Morgan fingerprint density at radius 3 is 2.87 bits per heavy atom. The third-order valence-corrected chi connectivity index (χ3v) is 4.96. The molecule has 3 rings (SSSR count). The molecular formula is C19H20FNOS. The number of halogens is 1. The van der Waals surface area contributed by atoms with Crippen LogP contribution in [0.2, 0.25) is 0 Å². The third-order valence-electron chi connectivity index (χ3n) is 3.84. The Bertz CT molecular complexity index is 747. The molecule has 0 spiro atoms. The van der Waals surface area contributed by atoms with Crippen LogP contribution in [-0.2, 0) is 6.54 Å². The standard InChI is InChI=1S/C19H20FNOS/c1-21(12-14-4-2-7-17(22)10-14)13-18-8-9-19(23-18)15-5-3-6-16(20)11-15/h3,5-11,22H,2,4,12-13H2,1H3. The molecule has 2 nitrogen and oxygen atoms in total. The average Bonchev–Trinajstić information content (AvgIpc) is 2.95. The molecule has 0 aliphatic heterocycles. The maximum atomic E-state index is 13.3. The molecule has 0 bridgehead atoms. The van der Waals surface area contributed by atoms with Crippen molar-refractivity contribution in [3.63, 3.8) is 0 Å². The Balaban J connectivity index is 1.63. The van der Waals surface area contributed by atoms with Gasteiger partial charge in [0.2, 0.25) is 0 Å². The molecule has 1 aromatic carbocycles. The lowest BCUT2D eigenvalue weighted by Gasteiger charge is -2.19. The van der Waals surface area contributed by atoms with E-state index >= 15 is 0 Å². The summed E-state index contributed by atoms with van der Waals surface area (Å²) in [5, 5.41) is 9.57. The highest BCUT2D eigenvalue weighted by molar-refractivity contribution is 7.15. The number of nitrogens with zero attached hydrogens (tertiary/aromatic N) is 1. The first kappa shape index (κ1) is 16.0. The smallest absolute Gasteiger partial charge is 0.123 e. The highest BCUT2D eigenvalue weighted by atomic mass is 32.1. The first-order valence-corrected chi connectivity index (χ1v) is 8.53. The van der Waals surface area contributed by atoms with Crippen molar-refractivity contribution in [2.45, 2.75) is 19.4 Å². The lowest BCUT2D eigenvalue weighted by atomic mass is 10.0. The number of aliphatic hydroxyl groups is 1. The summed E-state index contributed by atoms with van der Waals surface area (Å²) in [7, 11) is 2.08. The second kappa shape index (κ2) is 7.11. The van der Waals surface area contributed by atoms with Gasteiger partial charge in [-0.25, -0.2) is 4.39 Å². The Morgan fingerprint density at radius 2 is 2.09 bits per heavy atom. The summed E-state index contributed by atoms with van der Waals surface area (Å²) in [5.74, 6) is 0.177. The van der Waals surface area contributed by atoms with Gasteiger partial charge in [-0.2, -0.15) is 0 Å². The Labute approximate surface area is 140 Å². The molecule has 1 N–H and O–H groups in total. The maximum Gasteiger partial charge on any atom is 0.123 e. The zero-order chi connectivity index (χ0) is 16.2. The van der Waals surface area contributed by atoms with E-state index in [0.717, 1.165) is 36.4 Å². The van der Waals surface area contributed by atoms with Gasteiger partial charge >= 0.3 is 0 Å². The second-order valence-corrected chi connectivity index (χ2v) is 7.09. The molecule has 0 unspecified atom stereocenters. The lowest BCUT2D eigenvalue weighted by Crippen LogP contribution is -2.20. The van der Waals surface area contributed by atoms with E-state index in [4.69, 9.17) is 0 Å². The van der Waals surface area contributed by atoms with E-state index in [9.17, 15) is 9.50 Å². The molecule has 1 aromatic heterocycles. The monoisotopic (exact) mass is 329 g/mol. The molecule has 2 aromatic rings. The van der Waals surface area contributed by atoms with Crippen LogP contribution >= 0.6 is 11.3 Å². The number of hydrogen-bond acceptors (Lipinski definition) is 3. The fourth-order valence-corrected chi connectivity index (χ4v) is 3.88. The van der Waals surface area contributed by atoms with Crippen LogP contribution in [0, 0.1) is 5.82 Å². The van der Waals surface area contributed by atoms with Gasteiger partial charge in [0, 0.05) is 22.8 Å². The summed E-state index contributed by atoms with van der Waals surface area (Å²) in [6.45, 7) is 1.70. The molecule has 0 saturated heterocycles. The van der Waals surface area contributed by atoms with Gasteiger partial charge < -0.3 is 5.11 Å². The highest BCUT2D eigenvalue weighted by Gasteiger charge is 2.10. The number of thiophene rings is 1. The Morgan fingerprint density at radius 1 is 1.22 bits per heavy atom. The average molecular weight is 329 g/mol. The van der Waals surface area contributed by atoms with Crippen LogP contribution in [0.5, 0.6) is 0 Å². The van der Waals surface area contributed by atoms with Crippen molar-refractivity contribution in [2.75, 3.05) is 13.6 Å². The van der Waals surface area contributed by atoms with E-state index in [1.165, 1.54) is 16.5 Å². The van der Waals surface area contributed by atoms with Gasteiger partial charge in [-0.1, -0.05) is 17.7 Å². The highest BCUT2D eigenvalue weighted by Crippen LogP contribution is 2.29. The van der Waals surface area contributed by atoms with Gasteiger partial charge in [-0.3, -0.25) is 4.90 Å². The van der Waals surface area contributed by atoms with E-state index < -0.39 is 0 Å². The summed E-state index contributed by atoms with van der Waals surface area (Å²) < 4.78 is 13.3. The number of rotatable bonds is 5. The molecule has 23 heavy (non-hydrogen) atoms. The normalized spacial score (nSPS) is 14.7. The van der Waals surface area contributed by atoms with E-state index in [1.807, 2.05) is 18.2 Å². The molecule has 0 saturated carbocycles. The van der Waals surface area contributed by atoms with E-state index in [2.05, 4.69) is 24.1 Å². The Hall–Kier alpha value is -1.91. The van der Waals surface area contributed by atoms with Crippen molar-refractivity contribution < 1.29 is 9.50 Å². The van der Waals surface area contributed by atoms with E-state index in [-0.39, 0.29) is 5.82 Å². The fourth-order valence-electron chi connectivity index (χ4n) is 2.80. The SMILES string of the molecule is CN(CC1=CC(O)=CCC1)Cc1ccc(-c2cccc(F)c2)s1. The summed E-state index contributed by atoms with van der Waals surface area (Å²) in [4.78, 5) is 4.58. The summed E-state index contributed by atoms with van der Waals surface area (Å²) in [5.41, 5.74) is 2.18. The minimum absolute atomic E-state index is 0.202. The van der Waals surface area contributed by atoms with Crippen molar-refractivity contribution in [3.05, 3.63) is 70.6 Å². The van der Waals surface area contributed by atoms with Gasteiger partial charge in [0.25, 0.3) is 0 Å². The summed E-state index contributed by atoms with van der Waals surface area (Å²) in [6, 6.07) is 10.9. The van der Waals surface area contributed by atoms with Crippen LogP contribution in [0.15, 0.2) is 59.9 Å². The van der Waals surface area contributed by atoms with Crippen LogP contribution in [-0.4, -0.2) is 23.6 Å². The van der Waals surface area contributed by atoms with Crippen LogP contribution < -0.4 is 0 Å². The zero-order valence-corrected chi connectivity index (χ0v) is 13.9. The van der Waals surface area contributed by atoms with Crippen molar-refractivity contribution in [1.29, 1.82) is 0 Å². The number of aliphatic hydroxyl groups excluding tert-OH is 1. The third kappa shape index (κ3) is 4.30. The number of likely N-dealkylation sites (N-methyl/N-ethyl adjacent to an activating group) is 1. The quantitative estimate of drug-likeness (QED) is 0.820.